The fourth-order valence-electron chi connectivity index (χ4n) is 1.63. The highest BCUT2D eigenvalue weighted by atomic mass is 32.4. The van der Waals surface area contributed by atoms with Gasteiger partial charge in [0.05, 0.1) is 0 Å². The van der Waals surface area contributed by atoms with E-state index in [0.29, 0.717) is 10.1 Å². The van der Waals surface area contributed by atoms with Gasteiger partial charge in [0.1, 0.15) is 7.22 Å². The van der Waals surface area contributed by atoms with E-state index in [1.54, 1.807) is 0 Å². The molecular weight excluding hydrogens is 318 g/mol. The summed E-state index contributed by atoms with van der Waals surface area (Å²) in [5.41, 5.74) is 1.29. The Balaban J connectivity index is 2.97. The van der Waals surface area contributed by atoms with Crippen LogP contribution in [0.5, 0.6) is 0 Å². The van der Waals surface area contributed by atoms with Crippen molar-refractivity contribution in [3.8, 4) is 0 Å². The summed E-state index contributed by atoms with van der Waals surface area (Å²) in [5, 5.41) is 0.746. The smallest absolute Gasteiger partial charge is 0.152 e. The summed E-state index contributed by atoms with van der Waals surface area (Å²) < 4.78 is 0. The van der Waals surface area contributed by atoms with Crippen LogP contribution in [0.2, 0.25) is 36.3 Å². The van der Waals surface area contributed by atoms with Crippen LogP contribution in [-0.2, 0) is 0 Å². The van der Waals surface area contributed by atoms with Crippen LogP contribution in [-0.4, -0.2) is 15.5 Å². The molecule has 0 aromatic heterocycles. The number of hydrogen-bond acceptors (Lipinski definition) is 2. The molecule has 0 spiro atoms. The maximum atomic E-state index is 3.86. The Labute approximate surface area is 144 Å². The Bertz CT molecular complexity index is 467. The summed E-state index contributed by atoms with van der Waals surface area (Å²) in [5.74, 6) is 0. The van der Waals surface area contributed by atoms with E-state index in [9.17, 15) is 0 Å². The lowest BCUT2D eigenvalue weighted by Crippen LogP contribution is -2.45. The van der Waals surface area contributed by atoms with Crippen molar-refractivity contribution >= 4 is 32.4 Å². The standard InChI is InChI=1S/C18H35NSSi2/c1-17(2,3)21(7,8)19-15-12-11-13-16(14-15)20-22(9,10)18(4,5)6/h11-14,19H,1-10H3. The van der Waals surface area contributed by atoms with Crippen molar-refractivity contribution in [3.63, 3.8) is 0 Å². The zero-order chi connectivity index (χ0) is 17.4. The summed E-state index contributed by atoms with van der Waals surface area (Å²) in [6.07, 6.45) is 0. The van der Waals surface area contributed by atoms with Gasteiger partial charge >= 0.3 is 0 Å². The molecule has 0 fully saturated rings. The topological polar surface area (TPSA) is 12.0 Å². The minimum atomic E-state index is -1.51. The molecule has 1 nitrogen and oxygen atoms in total. The Morgan fingerprint density at radius 3 is 1.86 bits per heavy atom. The molecule has 1 rings (SSSR count). The second-order valence-corrected chi connectivity index (χ2v) is 23.3. The van der Waals surface area contributed by atoms with Crippen molar-refractivity contribution in [2.24, 2.45) is 0 Å². The van der Waals surface area contributed by atoms with Gasteiger partial charge in [-0.3, -0.25) is 0 Å². The van der Waals surface area contributed by atoms with Crippen molar-refractivity contribution in [1.29, 1.82) is 0 Å². The highest BCUT2D eigenvalue weighted by Gasteiger charge is 2.37. The number of rotatable bonds is 4. The fourth-order valence-corrected chi connectivity index (χ4v) is 7.18. The van der Waals surface area contributed by atoms with Crippen molar-refractivity contribution in [2.75, 3.05) is 4.98 Å². The SMILES string of the molecule is CC(C)(C)[Si](C)(C)Nc1cccc(S[Si](C)(C)C(C)(C)C)c1. The summed E-state index contributed by atoms with van der Waals surface area (Å²) in [4.78, 5) is 5.28. The van der Waals surface area contributed by atoms with Crippen LogP contribution in [0, 0.1) is 0 Å². The molecule has 0 aliphatic heterocycles. The predicted molar refractivity (Wildman–Crippen MR) is 110 cm³/mol. The first-order chi connectivity index (χ1) is 9.66. The zero-order valence-corrected chi connectivity index (χ0v) is 19.0. The monoisotopic (exact) mass is 353 g/mol. The third kappa shape index (κ3) is 4.90. The first kappa shape index (κ1) is 19.8. The first-order valence-corrected chi connectivity index (χ1v) is 15.8. The number of hydrogen-bond donors (Lipinski definition) is 1. The molecule has 0 saturated heterocycles. The summed E-state index contributed by atoms with van der Waals surface area (Å²) in [7, 11) is -2.88. The van der Waals surface area contributed by atoms with Gasteiger partial charge in [-0.15, -0.1) is 0 Å². The predicted octanol–water partition coefficient (Wildman–Crippen LogP) is 7.20. The van der Waals surface area contributed by atoms with Crippen LogP contribution in [0.3, 0.4) is 0 Å². The lowest BCUT2D eigenvalue weighted by atomic mass is 10.2. The molecule has 0 aliphatic rings. The average molecular weight is 354 g/mol. The van der Waals surface area contributed by atoms with E-state index in [2.05, 4.69) is 108 Å². The molecule has 22 heavy (non-hydrogen) atoms. The van der Waals surface area contributed by atoms with Gasteiger partial charge in [0.2, 0.25) is 0 Å². The average Bonchev–Trinajstić information content (AvgIpc) is 2.24. The van der Waals surface area contributed by atoms with Gasteiger partial charge in [0.15, 0.2) is 8.24 Å². The lowest BCUT2D eigenvalue weighted by molar-refractivity contribution is 0.723. The van der Waals surface area contributed by atoms with E-state index in [-0.39, 0.29) is 0 Å². The van der Waals surface area contributed by atoms with Gasteiger partial charge in [-0.05, 0) is 28.3 Å². The summed E-state index contributed by atoms with van der Waals surface area (Å²) >= 11 is 2.11. The van der Waals surface area contributed by atoms with Crippen LogP contribution >= 0.6 is 11.2 Å². The van der Waals surface area contributed by atoms with Crippen molar-refractivity contribution < 1.29 is 0 Å². The quantitative estimate of drug-likeness (QED) is 0.574. The second-order valence-electron chi connectivity index (χ2n) is 9.39. The van der Waals surface area contributed by atoms with E-state index in [1.807, 2.05) is 0 Å². The van der Waals surface area contributed by atoms with E-state index < -0.39 is 15.5 Å². The van der Waals surface area contributed by atoms with E-state index >= 15 is 0 Å². The van der Waals surface area contributed by atoms with Gasteiger partial charge in [-0.1, -0.05) is 73.8 Å². The lowest BCUT2D eigenvalue weighted by Gasteiger charge is -2.38. The summed E-state index contributed by atoms with van der Waals surface area (Å²) in [6, 6.07) is 9.04. The fraction of sp³-hybridized carbons (Fsp3) is 0.667. The normalized spacial score (nSPS) is 14.1. The Morgan fingerprint density at radius 2 is 1.41 bits per heavy atom. The van der Waals surface area contributed by atoms with Crippen molar-refractivity contribution in [2.45, 2.75) is 82.7 Å². The molecule has 0 heterocycles. The molecule has 4 heteroatoms. The molecule has 1 aromatic rings. The van der Waals surface area contributed by atoms with Gasteiger partial charge in [0.25, 0.3) is 0 Å². The molecule has 0 unspecified atom stereocenters. The maximum absolute atomic E-state index is 3.86. The van der Waals surface area contributed by atoms with E-state index in [4.69, 9.17) is 0 Å². The highest BCUT2D eigenvalue weighted by molar-refractivity contribution is 8.29. The molecule has 0 saturated carbocycles. The number of nitrogens with one attached hydrogen (secondary N) is 1. The van der Waals surface area contributed by atoms with Crippen LogP contribution in [0.15, 0.2) is 29.2 Å². The number of anilines is 1. The van der Waals surface area contributed by atoms with Crippen molar-refractivity contribution in [3.05, 3.63) is 24.3 Å². The maximum Gasteiger partial charge on any atom is 0.152 e. The summed E-state index contributed by atoms with van der Waals surface area (Å²) in [6.45, 7) is 24.0. The van der Waals surface area contributed by atoms with Crippen molar-refractivity contribution in [1.82, 2.24) is 0 Å². The second kappa shape index (κ2) is 6.36. The minimum Gasteiger partial charge on any atom is -0.410 e. The largest absolute Gasteiger partial charge is 0.410 e. The van der Waals surface area contributed by atoms with Crippen LogP contribution < -0.4 is 4.98 Å². The van der Waals surface area contributed by atoms with E-state index in [1.165, 1.54) is 10.6 Å². The molecule has 0 radical (unpaired) electrons. The molecule has 0 atom stereocenters. The highest BCUT2D eigenvalue weighted by Crippen LogP contribution is 2.46. The third-order valence-corrected chi connectivity index (χ3v) is 18.7. The first-order valence-electron chi connectivity index (χ1n) is 8.23. The molecule has 1 N–H and O–H groups in total. The van der Waals surface area contributed by atoms with Crippen LogP contribution in [0.1, 0.15) is 41.5 Å². The minimum absolute atomic E-state index is 0.343. The molecule has 0 bridgehead atoms. The Hall–Kier alpha value is -0.196. The molecule has 126 valence electrons. The zero-order valence-electron chi connectivity index (χ0n) is 16.2. The van der Waals surface area contributed by atoms with Gasteiger partial charge in [-0.25, -0.2) is 0 Å². The Kier molecular flexibility index (Phi) is 5.74. The van der Waals surface area contributed by atoms with Crippen LogP contribution in [0.25, 0.3) is 0 Å². The van der Waals surface area contributed by atoms with Gasteiger partial charge < -0.3 is 4.98 Å². The van der Waals surface area contributed by atoms with Crippen LogP contribution in [0.4, 0.5) is 5.69 Å². The molecular formula is C18H35NSSi2. The van der Waals surface area contributed by atoms with Gasteiger partial charge in [0, 0.05) is 10.6 Å². The number of benzene rings is 1. The third-order valence-electron chi connectivity index (χ3n) is 5.35. The van der Waals surface area contributed by atoms with Gasteiger partial charge in [-0.2, -0.15) is 11.2 Å². The molecule has 0 amide bonds. The molecule has 1 aromatic carbocycles. The Morgan fingerprint density at radius 1 is 0.864 bits per heavy atom. The van der Waals surface area contributed by atoms with E-state index in [0.717, 1.165) is 0 Å². The molecule has 0 aliphatic carbocycles.